The second kappa shape index (κ2) is 8.60. The summed E-state index contributed by atoms with van der Waals surface area (Å²) in [5, 5.41) is 2.94. The maximum absolute atomic E-state index is 13.0. The number of benzene rings is 1. The van der Waals surface area contributed by atoms with Crippen molar-refractivity contribution in [3.63, 3.8) is 0 Å². The minimum Gasteiger partial charge on any atom is -0.368 e. The Morgan fingerprint density at radius 2 is 1.92 bits per heavy atom. The zero-order valence-corrected chi connectivity index (χ0v) is 15.1. The van der Waals surface area contributed by atoms with Crippen molar-refractivity contribution in [2.24, 2.45) is 0 Å². The summed E-state index contributed by atoms with van der Waals surface area (Å²) >= 11 is 0. The first-order chi connectivity index (χ1) is 12.5. The molecule has 0 radical (unpaired) electrons. The molecule has 26 heavy (non-hydrogen) atoms. The first kappa shape index (κ1) is 18.8. The quantitative estimate of drug-likeness (QED) is 0.857. The number of piperazine rings is 1. The highest BCUT2D eigenvalue weighted by molar-refractivity contribution is 5.81. The number of hydrogen-bond donors (Lipinski definition) is 1. The van der Waals surface area contributed by atoms with Crippen LogP contribution in [0, 0.1) is 5.82 Å². The van der Waals surface area contributed by atoms with Crippen molar-refractivity contribution in [2.75, 3.05) is 39.3 Å². The van der Waals surface area contributed by atoms with Gasteiger partial charge in [-0.2, -0.15) is 0 Å². The maximum atomic E-state index is 13.0. The van der Waals surface area contributed by atoms with E-state index < -0.39 is 0 Å². The molecule has 3 rings (SSSR count). The van der Waals surface area contributed by atoms with Crippen molar-refractivity contribution in [1.82, 2.24) is 15.1 Å². The molecule has 1 aromatic carbocycles. The lowest BCUT2D eigenvalue weighted by molar-refractivity contribution is -0.142. The van der Waals surface area contributed by atoms with Crippen molar-refractivity contribution in [1.29, 1.82) is 0 Å². The summed E-state index contributed by atoms with van der Waals surface area (Å²) in [5.74, 6) is -0.278. The Morgan fingerprint density at radius 1 is 1.23 bits per heavy atom. The average Bonchev–Trinajstić information content (AvgIpc) is 3.17. The number of rotatable bonds is 5. The molecule has 7 heteroatoms. The maximum Gasteiger partial charge on any atom is 0.251 e. The number of carbonyl (C=O) groups is 2. The third kappa shape index (κ3) is 4.80. The standard InChI is InChI=1S/C19H26FN3O3/c1-14(15-4-6-16(20)7-5-15)21-18(24)13-22-8-10-23(11-9-22)19(25)17-3-2-12-26-17/h4-7,14,17H,2-3,8-13H2,1H3,(H,21,24)/t14-,17+/m1/s1. The minimum absolute atomic E-state index is 0.0688. The third-order valence-electron chi connectivity index (χ3n) is 5.00. The SMILES string of the molecule is C[C@@H](NC(=O)CN1CCN(C(=O)[C@@H]2CCCO2)CC1)c1ccc(F)cc1. The highest BCUT2D eigenvalue weighted by atomic mass is 19.1. The first-order valence-corrected chi connectivity index (χ1v) is 9.20. The molecule has 2 heterocycles. The van der Waals surface area contributed by atoms with Crippen molar-refractivity contribution < 1.29 is 18.7 Å². The molecule has 0 spiro atoms. The Balaban J connectivity index is 1.41. The number of amides is 2. The molecule has 6 nitrogen and oxygen atoms in total. The summed E-state index contributed by atoms with van der Waals surface area (Å²) in [5.41, 5.74) is 0.867. The van der Waals surface area contributed by atoms with Crippen molar-refractivity contribution in [3.8, 4) is 0 Å². The molecule has 2 aliphatic rings. The molecule has 142 valence electrons. The molecule has 0 unspecified atom stereocenters. The summed E-state index contributed by atoms with van der Waals surface area (Å²) in [7, 11) is 0. The van der Waals surface area contributed by atoms with Gasteiger partial charge in [0.2, 0.25) is 5.91 Å². The average molecular weight is 363 g/mol. The molecule has 2 saturated heterocycles. The van der Waals surface area contributed by atoms with Gasteiger partial charge in [-0.1, -0.05) is 12.1 Å². The van der Waals surface area contributed by atoms with Gasteiger partial charge in [0.05, 0.1) is 12.6 Å². The monoisotopic (exact) mass is 363 g/mol. The van der Waals surface area contributed by atoms with E-state index in [2.05, 4.69) is 5.32 Å². The van der Waals surface area contributed by atoms with E-state index in [0.717, 1.165) is 18.4 Å². The van der Waals surface area contributed by atoms with Crippen molar-refractivity contribution >= 4 is 11.8 Å². The fourth-order valence-corrected chi connectivity index (χ4v) is 3.43. The normalized spacial score (nSPS) is 22.2. The fraction of sp³-hybridized carbons (Fsp3) is 0.579. The van der Waals surface area contributed by atoms with Gasteiger partial charge in [-0.05, 0) is 37.5 Å². The van der Waals surface area contributed by atoms with E-state index in [-0.39, 0.29) is 29.8 Å². The smallest absolute Gasteiger partial charge is 0.251 e. The van der Waals surface area contributed by atoms with E-state index in [1.807, 2.05) is 16.7 Å². The van der Waals surface area contributed by atoms with Gasteiger partial charge in [0.25, 0.3) is 5.91 Å². The second-order valence-electron chi connectivity index (χ2n) is 6.94. The number of nitrogens with one attached hydrogen (secondary N) is 1. The highest BCUT2D eigenvalue weighted by Gasteiger charge is 2.30. The van der Waals surface area contributed by atoms with Crippen LogP contribution in [0.5, 0.6) is 0 Å². The first-order valence-electron chi connectivity index (χ1n) is 9.20. The molecule has 1 N–H and O–H groups in total. The molecule has 0 saturated carbocycles. The third-order valence-corrected chi connectivity index (χ3v) is 5.00. The van der Waals surface area contributed by atoms with Crippen LogP contribution in [-0.2, 0) is 14.3 Å². The van der Waals surface area contributed by atoms with Crippen LogP contribution in [-0.4, -0.2) is 67.0 Å². The lowest BCUT2D eigenvalue weighted by Crippen LogP contribution is -2.53. The predicted octanol–water partition coefficient (Wildman–Crippen LogP) is 1.33. The Morgan fingerprint density at radius 3 is 2.54 bits per heavy atom. The minimum atomic E-state index is -0.289. The summed E-state index contributed by atoms with van der Waals surface area (Å²) < 4.78 is 18.4. The second-order valence-corrected chi connectivity index (χ2v) is 6.94. The van der Waals surface area contributed by atoms with E-state index in [1.165, 1.54) is 12.1 Å². The lowest BCUT2D eigenvalue weighted by Gasteiger charge is -2.35. The fourth-order valence-electron chi connectivity index (χ4n) is 3.43. The molecule has 2 amide bonds. The summed E-state index contributed by atoms with van der Waals surface area (Å²) in [6.45, 7) is 5.45. The van der Waals surface area contributed by atoms with Gasteiger partial charge in [0.15, 0.2) is 0 Å². The molecule has 2 atom stereocenters. The summed E-state index contributed by atoms with van der Waals surface area (Å²) in [6.07, 6.45) is 1.48. The number of nitrogens with zero attached hydrogens (tertiary/aromatic N) is 2. The molecule has 1 aromatic rings. The van der Waals surface area contributed by atoms with Crippen LogP contribution in [0.2, 0.25) is 0 Å². The molecule has 0 aliphatic carbocycles. The van der Waals surface area contributed by atoms with Crippen LogP contribution in [0.1, 0.15) is 31.4 Å². The molecule has 2 fully saturated rings. The highest BCUT2D eigenvalue weighted by Crippen LogP contribution is 2.16. The Hall–Kier alpha value is -1.99. The van der Waals surface area contributed by atoms with Crippen LogP contribution in [0.3, 0.4) is 0 Å². The van der Waals surface area contributed by atoms with E-state index in [1.54, 1.807) is 12.1 Å². The molecule has 2 aliphatic heterocycles. The van der Waals surface area contributed by atoms with Crippen LogP contribution < -0.4 is 5.32 Å². The van der Waals surface area contributed by atoms with Gasteiger partial charge >= 0.3 is 0 Å². The van der Waals surface area contributed by atoms with E-state index in [0.29, 0.717) is 39.3 Å². The number of carbonyl (C=O) groups excluding carboxylic acids is 2. The lowest BCUT2D eigenvalue weighted by atomic mass is 10.1. The molecular formula is C19H26FN3O3. The van der Waals surface area contributed by atoms with E-state index >= 15 is 0 Å². The van der Waals surface area contributed by atoms with Crippen molar-refractivity contribution in [2.45, 2.75) is 31.9 Å². The number of halogens is 1. The molecule has 0 bridgehead atoms. The van der Waals surface area contributed by atoms with Gasteiger partial charge in [0, 0.05) is 32.8 Å². The number of ether oxygens (including phenoxy) is 1. The van der Waals surface area contributed by atoms with Gasteiger partial charge in [0.1, 0.15) is 11.9 Å². The predicted molar refractivity (Wildman–Crippen MR) is 95.0 cm³/mol. The van der Waals surface area contributed by atoms with E-state index in [4.69, 9.17) is 4.74 Å². The summed E-state index contributed by atoms with van der Waals surface area (Å²) in [6, 6.07) is 5.96. The van der Waals surface area contributed by atoms with Crippen LogP contribution in [0.4, 0.5) is 4.39 Å². The summed E-state index contributed by atoms with van der Waals surface area (Å²) in [4.78, 5) is 28.5. The number of hydrogen-bond acceptors (Lipinski definition) is 4. The van der Waals surface area contributed by atoms with Gasteiger partial charge in [-0.25, -0.2) is 4.39 Å². The van der Waals surface area contributed by atoms with E-state index in [9.17, 15) is 14.0 Å². The topological polar surface area (TPSA) is 61.9 Å². The Labute approximate surface area is 153 Å². The van der Waals surface area contributed by atoms with Gasteiger partial charge in [-0.3, -0.25) is 14.5 Å². The Kier molecular flexibility index (Phi) is 6.21. The molecule has 0 aromatic heterocycles. The van der Waals surface area contributed by atoms with Crippen LogP contribution in [0.25, 0.3) is 0 Å². The van der Waals surface area contributed by atoms with Crippen LogP contribution in [0.15, 0.2) is 24.3 Å². The zero-order valence-electron chi connectivity index (χ0n) is 15.1. The molecular weight excluding hydrogens is 337 g/mol. The van der Waals surface area contributed by atoms with Gasteiger partial charge in [-0.15, -0.1) is 0 Å². The van der Waals surface area contributed by atoms with Crippen molar-refractivity contribution in [3.05, 3.63) is 35.6 Å². The van der Waals surface area contributed by atoms with Crippen LogP contribution >= 0.6 is 0 Å². The zero-order chi connectivity index (χ0) is 18.5. The van der Waals surface area contributed by atoms with Gasteiger partial charge < -0.3 is 15.0 Å². The Bertz CT molecular complexity index is 623. The largest absolute Gasteiger partial charge is 0.368 e.